The zero-order valence-corrected chi connectivity index (χ0v) is 15.2. The number of aliphatic imine (C=N–C) groups is 1. The van der Waals surface area contributed by atoms with E-state index in [9.17, 15) is 8.42 Å². The minimum Gasteiger partial charge on any atom is -0.357 e. The lowest BCUT2D eigenvalue weighted by atomic mass is 10.1. The number of sulfonamides is 1. The summed E-state index contributed by atoms with van der Waals surface area (Å²) in [5.74, 6) is 1.33. The van der Waals surface area contributed by atoms with Gasteiger partial charge in [-0.1, -0.05) is 38.1 Å². The Balaban J connectivity index is 2.66. The lowest BCUT2D eigenvalue weighted by molar-refractivity contribution is 0.587. The lowest BCUT2D eigenvalue weighted by Gasteiger charge is -2.13. The number of nitrogens with one attached hydrogen (secondary N) is 3. The van der Waals surface area contributed by atoms with Crippen LogP contribution in [0.5, 0.6) is 0 Å². The third-order valence-electron chi connectivity index (χ3n) is 3.13. The van der Waals surface area contributed by atoms with Crippen LogP contribution in [-0.4, -0.2) is 34.5 Å². The highest BCUT2D eigenvalue weighted by Gasteiger charge is 2.08. The second-order valence-corrected chi connectivity index (χ2v) is 7.68. The minimum absolute atomic E-state index is 0.00830. The fourth-order valence-corrected chi connectivity index (χ4v) is 2.62. The molecule has 3 N–H and O–H groups in total. The lowest BCUT2D eigenvalue weighted by Crippen LogP contribution is -2.39. The highest BCUT2D eigenvalue weighted by Crippen LogP contribution is 2.08. The van der Waals surface area contributed by atoms with Gasteiger partial charge in [0.25, 0.3) is 0 Å². The molecule has 7 heteroatoms. The third kappa shape index (κ3) is 7.99. The topological polar surface area (TPSA) is 82.6 Å². The van der Waals surface area contributed by atoms with E-state index in [-0.39, 0.29) is 5.75 Å². The highest BCUT2D eigenvalue weighted by molar-refractivity contribution is 7.88. The van der Waals surface area contributed by atoms with E-state index in [0.717, 1.165) is 30.2 Å². The van der Waals surface area contributed by atoms with Crippen LogP contribution in [0.1, 0.15) is 31.9 Å². The minimum atomic E-state index is -3.23. The molecule has 23 heavy (non-hydrogen) atoms. The molecule has 0 atom stereocenters. The maximum atomic E-state index is 11.5. The molecule has 0 heterocycles. The largest absolute Gasteiger partial charge is 0.357 e. The van der Waals surface area contributed by atoms with Crippen molar-refractivity contribution >= 4 is 16.0 Å². The van der Waals surface area contributed by atoms with Gasteiger partial charge in [-0.15, -0.1) is 0 Å². The average Bonchev–Trinajstić information content (AvgIpc) is 2.51. The fourth-order valence-electron chi connectivity index (χ4n) is 1.85. The smallest absolute Gasteiger partial charge is 0.215 e. The van der Waals surface area contributed by atoms with Gasteiger partial charge in [-0.3, -0.25) is 0 Å². The molecule has 0 aliphatic carbocycles. The monoisotopic (exact) mass is 340 g/mol. The molecular weight excluding hydrogens is 312 g/mol. The summed E-state index contributed by atoms with van der Waals surface area (Å²) in [5, 5.41) is 6.50. The van der Waals surface area contributed by atoms with E-state index in [1.165, 1.54) is 7.05 Å². The molecule has 0 amide bonds. The fraction of sp³-hybridized carbons (Fsp3) is 0.562. The maximum absolute atomic E-state index is 11.5. The van der Waals surface area contributed by atoms with E-state index >= 15 is 0 Å². The summed E-state index contributed by atoms with van der Waals surface area (Å²) in [5.41, 5.74) is 1.80. The molecule has 0 aliphatic heterocycles. The molecule has 0 bridgehead atoms. The maximum Gasteiger partial charge on any atom is 0.215 e. The standard InChI is InChI=1S/C16H28N4O2S/c1-5-18-16(19-10-13(2)3)20-11-14-6-8-15(9-7-14)12-23(21,22)17-4/h6-9,13,17H,5,10-12H2,1-4H3,(H2,18,19,20). The van der Waals surface area contributed by atoms with E-state index in [2.05, 4.69) is 34.2 Å². The van der Waals surface area contributed by atoms with Crippen LogP contribution in [0.25, 0.3) is 0 Å². The van der Waals surface area contributed by atoms with Crippen molar-refractivity contribution in [3.8, 4) is 0 Å². The van der Waals surface area contributed by atoms with Gasteiger partial charge in [0.05, 0.1) is 12.3 Å². The summed E-state index contributed by atoms with van der Waals surface area (Å²) >= 11 is 0. The van der Waals surface area contributed by atoms with Gasteiger partial charge in [0, 0.05) is 13.1 Å². The van der Waals surface area contributed by atoms with Gasteiger partial charge in [0.2, 0.25) is 10.0 Å². The number of hydrogen-bond donors (Lipinski definition) is 3. The Bertz CT molecular complexity index is 595. The predicted octanol–water partition coefficient (Wildman–Crippen LogP) is 1.45. The van der Waals surface area contributed by atoms with Gasteiger partial charge in [0.15, 0.2) is 5.96 Å². The molecule has 0 unspecified atom stereocenters. The van der Waals surface area contributed by atoms with Gasteiger partial charge in [-0.25, -0.2) is 18.1 Å². The average molecular weight is 340 g/mol. The molecule has 0 saturated heterocycles. The summed E-state index contributed by atoms with van der Waals surface area (Å²) in [6.07, 6.45) is 0. The van der Waals surface area contributed by atoms with E-state index in [4.69, 9.17) is 0 Å². The molecule has 0 spiro atoms. The molecule has 0 aromatic heterocycles. The second kappa shape index (κ2) is 9.52. The van der Waals surface area contributed by atoms with E-state index < -0.39 is 10.0 Å². The van der Waals surface area contributed by atoms with Crippen LogP contribution in [0.3, 0.4) is 0 Å². The van der Waals surface area contributed by atoms with Crippen LogP contribution in [0, 0.1) is 5.92 Å². The molecule has 6 nitrogen and oxygen atoms in total. The number of guanidine groups is 1. The Morgan fingerprint density at radius 1 is 1.13 bits per heavy atom. The first kappa shape index (κ1) is 19.4. The van der Waals surface area contributed by atoms with Crippen LogP contribution < -0.4 is 15.4 Å². The Morgan fingerprint density at radius 2 is 1.74 bits per heavy atom. The van der Waals surface area contributed by atoms with Crippen LogP contribution in [0.2, 0.25) is 0 Å². The van der Waals surface area contributed by atoms with Crippen molar-refractivity contribution in [2.75, 3.05) is 20.1 Å². The van der Waals surface area contributed by atoms with Crippen molar-refractivity contribution in [1.82, 2.24) is 15.4 Å². The summed E-state index contributed by atoms with van der Waals surface area (Å²) in [7, 11) is -1.81. The van der Waals surface area contributed by atoms with Crippen LogP contribution in [0.4, 0.5) is 0 Å². The summed E-state index contributed by atoms with van der Waals surface area (Å²) in [6.45, 7) is 8.55. The zero-order chi connectivity index (χ0) is 17.3. The highest BCUT2D eigenvalue weighted by atomic mass is 32.2. The van der Waals surface area contributed by atoms with Gasteiger partial charge in [-0.2, -0.15) is 0 Å². The van der Waals surface area contributed by atoms with Gasteiger partial charge < -0.3 is 10.6 Å². The van der Waals surface area contributed by atoms with Crippen molar-refractivity contribution in [3.63, 3.8) is 0 Å². The molecule has 1 aromatic rings. The quantitative estimate of drug-likeness (QED) is 0.494. The summed E-state index contributed by atoms with van der Waals surface area (Å²) < 4.78 is 25.4. The number of hydrogen-bond acceptors (Lipinski definition) is 3. The van der Waals surface area contributed by atoms with E-state index in [0.29, 0.717) is 12.5 Å². The van der Waals surface area contributed by atoms with E-state index in [1.54, 1.807) is 0 Å². The van der Waals surface area contributed by atoms with Crippen molar-refractivity contribution in [2.45, 2.75) is 33.1 Å². The van der Waals surface area contributed by atoms with Crippen LogP contribution in [0.15, 0.2) is 29.3 Å². The van der Waals surface area contributed by atoms with Crippen molar-refractivity contribution in [3.05, 3.63) is 35.4 Å². The van der Waals surface area contributed by atoms with E-state index in [1.807, 2.05) is 31.2 Å². The first-order chi connectivity index (χ1) is 10.9. The molecule has 1 rings (SSSR count). The molecule has 0 aliphatic rings. The zero-order valence-electron chi connectivity index (χ0n) is 14.4. The second-order valence-electron chi connectivity index (χ2n) is 5.75. The van der Waals surface area contributed by atoms with Crippen molar-refractivity contribution < 1.29 is 8.42 Å². The normalized spacial score (nSPS) is 12.5. The number of benzene rings is 1. The molecule has 0 radical (unpaired) electrons. The number of rotatable bonds is 8. The first-order valence-electron chi connectivity index (χ1n) is 7.87. The van der Waals surface area contributed by atoms with Crippen molar-refractivity contribution in [2.24, 2.45) is 10.9 Å². The number of nitrogens with zero attached hydrogens (tertiary/aromatic N) is 1. The summed E-state index contributed by atoms with van der Waals surface area (Å²) in [4.78, 5) is 4.54. The third-order valence-corrected chi connectivity index (χ3v) is 4.47. The van der Waals surface area contributed by atoms with Gasteiger partial charge in [-0.05, 0) is 31.0 Å². The first-order valence-corrected chi connectivity index (χ1v) is 9.52. The van der Waals surface area contributed by atoms with Crippen LogP contribution >= 0.6 is 0 Å². The molecule has 0 fully saturated rings. The molecular formula is C16H28N4O2S. The molecule has 0 saturated carbocycles. The van der Waals surface area contributed by atoms with Crippen LogP contribution in [-0.2, 0) is 22.3 Å². The Kier molecular flexibility index (Phi) is 8.05. The summed E-state index contributed by atoms with van der Waals surface area (Å²) in [6, 6.07) is 7.48. The van der Waals surface area contributed by atoms with Gasteiger partial charge >= 0.3 is 0 Å². The SMILES string of the molecule is CCNC(=NCc1ccc(CS(=O)(=O)NC)cc1)NCC(C)C. The Hall–Kier alpha value is -1.60. The molecule has 1 aromatic carbocycles. The molecule has 130 valence electrons. The Morgan fingerprint density at radius 3 is 2.26 bits per heavy atom. The van der Waals surface area contributed by atoms with Gasteiger partial charge in [0.1, 0.15) is 0 Å². The van der Waals surface area contributed by atoms with Crippen molar-refractivity contribution in [1.29, 1.82) is 0 Å². The Labute approximate surface area is 139 Å². The predicted molar refractivity (Wildman–Crippen MR) is 95.8 cm³/mol.